The molecule has 1 saturated heterocycles. The van der Waals surface area contributed by atoms with Crippen LogP contribution in [-0.2, 0) is 17.6 Å². The lowest BCUT2D eigenvalue weighted by molar-refractivity contribution is -0.135. The highest BCUT2D eigenvalue weighted by Gasteiger charge is 2.44. The van der Waals surface area contributed by atoms with Gasteiger partial charge in [-0.3, -0.25) is 15.6 Å². The quantitative estimate of drug-likeness (QED) is 0.0184. The maximum absolute atomic E-state index is 14.4. The molecule has 1 aliphatic rings. The summed E-state index contributed by atoms with van der Waals surface area (Å²) in [6.07, 6.45) is 1.31. The molecule has 135 heavy (non-hydrogen) atoms. The molecule has 0 spiro atoms. The average molecular weight is 1900 g/mol. The number of carbonyl (C=O) groups is 1. The van der Waals surface area contributed by atoms with E-state index >= 15 is 0 Å². The summed E-state index contributed by atoms with van der Waals surface area (Å²) in [7, 11) is 0. The summed E-state index contributed by atoms with van der Waals surface area (Å²) in [4.78, 5) is 93.9. The van der Waals surface area contributed by atoms with Gasteiger partial charge in [0.1, 0.15) is 98.7 Å². The third kappa shape index (κ3) is 34.3. The van der Waals surface area contributed by atoms with Gasteiger partial charge in [-0.15, -0.1) is 0 Å². The van der Waals surface area contributed by atoms with Crippen LogP contribution in [0.5, 0.6) is 0 Å². The number of hydrogen-bond donors (Lipinski definition) is 25. The summed E-state index contributed by atoms with van der Waals surface area (Å²) in [6.45, 7) is 29.5. The highest BCUT2D eigenvalue weighted by molar-refractivity contribution is 6.01. The highest BCUT2D eigenvalue weighted by Crippen LogP contribution is 2.31. The van der Waals surface area contributed by atoms with Crippen molar-refractivity contribution in [2.24, 2.45) is 95.8 Å². The van der Waals surface area contributed by atoms with Crippen molar-refractivity contribution in [2.75, 3.05) is 26.3 Å². The molecule has 0 aliphatic carbocycles. The van der Waals surface area contributed by atoms with Gasteiger partial charge in [0.2, 0.25) is 100 Å². The Bertz CT molecular complexity index is 5210. The largest absolute Gasteiger partial charge is 0.497 e. The van der Waals surface area contributed by atoms with E-state index in [2.05, 4.69) is 94.8 Å². The Balaban J connectivity index is 1.50. The molecule has 748 valence electrons. The molecule has 9 unspecified atom stereocenters. The van der Waals surface area contributed by atoms with E-state index in [4.69, 9.17) is 10.8 Å². The summed E-state index contributed by atoms with van der Waals surface area (Å²) in [5.74, 6) is -15.7. The first-order valence-corrected chi connectivity index (χ1v) is 43.7. The molecule has 2 aromatic carbocycles. The van der Waals surface area contributed by atoms with E-state index in [9.17, 15) is 117 Å². The number of hydrogen-bond acceptors (Lipinski definition) is 23. The number of benzene rings is 2. The minimum Gasteiger partial charge on any atom is -0.497 e. The minimum absolute atomic E-state index is 0.0204. The van der Waals surface area contributed by atoms with Gasteiger partial charge in [-0.1, -0.05) is 62.4 Å². The Morgan fingerprint density at radius 2 is 0.830 bits per heavy atom. The van der Waals surface area contributed by atoms with Crippen molar-refractivity contribution >= 4 is 135 Å². The topological polar surface area (TPSA) is 751 Å². The van der Waals surface area contributed by atoms with Crippen LogP contribution in [0.4, 0.5) is 0 Å². The normalized spacial score (nSPS) is 18.5. The summed E-state index contributed by atoms with van der Waals surface area (Å²) < 4.78 is 0. The summed E-state index contributed by atoms with van der Waals surface area (Å²) >= 11 is 0. The zero-order chi connectivity index (χ0) is 103. The van der Waals surface area contributed by atoms with Gasteiger partial charge in [0.25, 0.3) is 5.91 Å². The number of H-pyrrole nitrogens is 1. The van der Waals surface area contributed by atoms with Crippen molar-refractivity contribution in [3.63, 3.8) is 0 Å². The number of rotatable bonds is 50. The minimum atomic E-state index is -1.85. The lowest BCUT2D eigenvalue weighted by atomic mass is 10.0. The fourth-order valence-corrected chi connectivity index (χ4v) is 12.8. The van der Waals surface area contributed by atoms with E-state index in [1.807, 2.05) is 24.3 Å². The van der Waals surface area contributed by atoms with Gasteiger partial charge in [-0.25, -0.2) is 89.9 Å². The Kier molecular flexibility index (Phi) is 40.2. The van der Waals surface area contributed by atoms with Crippen molar-refractivity contribution in [1.29, 1.82) is 10.8 Å². The number of para-hydroxylation sites is 1. The lowest BCUT2D eigenvalue weighted by Crippen LogP contribution is -2.50. The van der Waals surface area contributed by atoms with Crippen LogP contribution in [-0.4, -0.2) is 377 Å². The molecule has 0 bridgehead atoms. The molecule has 45 nitrogen and oxygen atoms in total. The van der Waals surface area contributed by atoms with Crippen LogP contribution in [0.25, 0.3) is 10.9 Å². The number of fused-ring (bicyclic) bond motifs is 1. The van der Waals surface area contributed by atoms with Crippen molar-refractivity contribution in [3.05, 3.63) is 71.9 Å². The van der Waals surface area contributed by atoms with Crippen LogP contribution in [0.2, 0.25) is 0 Å². The third-order valence-corrected chi connectivity index (χ3v) is 21.1. The number of nitrogens with one attached hydrogen (secondary N) is 3. The van der Waals surface area contributed by atoms with Crippen LogP contribution in [0, 0.1) is 16.7 Å². The molecular formula is C90H140N22O23. The Hall–Kier alpha value is -13.2. The van der Waals surface area contributed by atoms with E-state index in [0.29, 0.717) is 6.42 Å². The maximum Gasteiger partial charge on any atom is 0.250 e. The van der Waals surface area contributed by atoms with Gasteiger partial charge in [0, 0.05) is 49.8 Å². The van der Waals surface area contributed by atoms with Gasteiger partial charge in [0.15, 0.2) is 23.7 Å². The SMILES string of the molecule is CC(O)=NC(Cc1ccccc1)C(O)=NC(C)(C)C(O)=NC(CO)C(O)=NC(C)(C)C(O)=NC(C)(C)C(O)=NC(CC(C)C)C(O)=NC(CCC(=N)O)C(O)=NCC(O)=NC(C)(C)C(O)=NC(C)(C)C(O)=NC(C)C(O)=NC(C)C(O)=NC(C)(C)C(=O)N1CCCC1C(O)=NC(C)(C)C(O)=NC(C)(C)C(O)=NC(C)(C)C(O)=NC(CCC(=N)O)C(O)=NC(CO)Cc1c[nH]c2ccccc12. The molecule has 0 saturated carbocycles. The fraction of sp³-hybridized carbons (Fsp3) is 0.611. The van der Waals surface area contributed by atoms with Gasteiger partial charge in [-0.05, 0) is 200 Å². The van der Waals surface area contributed by atoms with E-state index < -0.39 is 248 Å². The van der Waals surface area contributed by atoms with Crippen LogP contribution in [0.3, 0.4) is 0 Å². The van der Waals surface area contributed by atoms with Crippen LogP contribution >= 0.6 is 0 Å². The zero-order valence-electron chi connectivity index (χ0n) is 81.0. The Morgan fingerprint density at radius 1 is 0.415 bits per heavy atom. The number of aliphatic hydroxyl groups excluding tert-OH is 22. The second kappa shape index (κ2) is 47.6. The molecule has 45 heteroatoms. The van der Waals surface area contributed by atoms with Gasteiger partial charge in [0.05, 0.1) is 19.3 Å². The first-order valence-electron chi connectivity index (χ1n) is 43.7. The molecule has 1 fully saturated rings. The summed E-state index contributed by atoms with van der Waals surface area (Å²) in [5.41, 5.74) is -13.7. The van der Waals surface area contributed by atoms with Crippen molar-refractivity contribution in [1.82, 2.24) is 9.88 Å². The second-order valence-corrected chi connectivity index (χ2v) is 37.8. The standard InChI is InChI=1S/C90H140N22O23/c1-47(2)40-58(101-76(130)85(12,13)109-78(132)87(16,17)106-71(125)60(46-114)102-74(128)82(6,7)105-70(124)59(97-50(5)115)41-51-30-25-24-26-31-51)69(123)99-56(35-37-62(91)116)67(121)94-44-64(118)103-86(14,15)77(131)108-83(8,9)73(127)96-48(3)65(119)95-49(4)66(120)104-90(22,23)81(135)112-39-29-34-61(112)72(126)107-88(18,19)79(133)111-89(20,21)80(134)110-84(10,11)75(129)100-57(36-38-63(92)117)68(122)98-53(45-113)42-52-43-93-55-33-28-27-32-54(52)55/h24-28,30-33,43,47-49,53,56-61,93,113-114H,29,34-42,44-46H2,1-23H3,(H2,91,116)(H2,92,117)(H,94,121)(H,95,119)(H,96,127)(H,97,115)(H,98,122)(H,99,123)(H,100,129)(H,101,130)(H,102,128)(H,103,118)(H,104,120)(H,105,124)(H,106,125)(H,107,126)(H,108,131)(H,109,132)(H,110,134)(H,111,133). The van der Waals surface area contributed by atoms with E-state index in [-0.39, 0.29) is 63.3 Å². The first-order chi connectivity index (χ1) is 62.0. The zero-order valence-corrected chi connectivity index (χ0v) is 81.0. The monoisotopic (exact) mass is 1900 g/mol. The lowest BCUT2D eigenvalue weighted by Gasteiger charge is -2.31. The van der Waals surface area contributed by atoms with Gasteiger partial charge >= 0.3 is 0 Å². The van der Waals surface area contributed by atoms with E-state index in [1.165, 1.54) is 150 Å². The average Bonchev–Trinajstić information content (AvgIpc) is 1.51. The van der Waals surface area contributed by atoms with Crippen molar-refractivity contribution < 1.29 is 117 Å². The summed E-state index contributed by atoms with van der Waals surface area (Å²) in [6, 6.07) is 4.63. The molecule has 9 atom stereocenters. The second-order valence-electron chi connectivity index (χ2n) is 37.8. The van der Waals surface area contributed by atoms with E-state index in [0.717, 1.165) is 22.0 Å². The number of likely N-dealkylation sites (tertiary alicyclic amines) is 1. The predicted molar refractivity (Wildman–Crippen MR) is 530 cm³/mol. The summed E-state index contributed by atoms with van der Waals surface area (Å²) in [5, 5.41) is 259. The van der Waals surface area contributed by atoms with Gasteiger partial charge < -0.3 is 122 Å². The Labute approximate surface area is 784 Å². The maximum atomic E-state index is 14.4. The number of aliphatic imine (C=N–C) groups is 18. The van der Waals surface area contributed by atoms with Crippen LogP contribution in [0.15, 0.2) is 151 Å². The molecule has 2 heterocycles. The number of carbonyl (C=O) groups excluding carboxylic acids is 1. The van der Waals surface area contributed by atoms with E-state index in [1.54, 1.807) is 50.4 Å². The number of aliphatic hydroxyl groups is 22. The van der Waals surface area contributed by atoms with Crippen LogP contribution in [0.1, 0.15) is 215 Å². The van der Waals surface area contributed by atoms with Crippen molar-refractivity contribution in [3.8, 4) is 0 Å². The molecule has 3 aromatic rings. The smallest absolute Gasteiger partial charge is 0.250 e. The predicted octanol–water partition coefficient (Wildman–Crippen LogP) is 12.8. The third-order valence-electron chi connectivity index (χ3n) is 21.1. The fourth-order valence-electron chi connectivity index (χ4n) is 12.8. The number of amides is 1. The Morgan fingerprint density at radius 3 is 1.32 bits per heavy atom. The first kappa shape index (κ1) is 114. The number of nitrogens with zero attached hydrogens (tertiary/aromatic N) is 19. The molecule has 4 rings (SSSR count). The van der Waals surface area contributed by atoms with Crippen LogP contribution < -0.4 is 0 Å². The molecule has 1 aromatic heterocycles. The molecule has 25 N–H and O–H groups in total. The highest BCUT2D eigenvalue weighted by atomic mass is 16.3. The number of aromatic nitrogens is 1. The van der Waals surface area contributed by atoms with Gasteiger partial charge in [-0.2, -0.15) is 0 Å². The molecule has 1 aliphatic heterocycles. The molecule has 1 amide bonds. The van der Waals surface area contributed by atoms with Crippen molar-refractivity contribution in [2.45, 2.75) is 321 Å². The molecular weight excluding hydrogens is 1760 g/mol. The molecule has 0 radical (unpaired) electrons. The number of aromatic amines is 1.